The van der Waals surface area contributed by atoms with Gasteiger partial charge in [0.1, 0.15) is 0 Å². The standard InChI is InChI=1S/C23H38O4/c1-3-4-8-16(2)21(24)11-7-10-19-20-14-17(9-5-6-12-23(26)27)13-18(20)15-22(19)25/h7,10,13,16,18-22,24-25H,3-6,8-9,11-12,14-15H2,1-2H3,(H,26,27)/b10-7+/t16?,18-,19-,20-,21?,22+/m0/s1. The van der Waals surface area contributed by atoms with Crippen molar-refractivity contribution in [3.05, 3.63) is 23.8 Å². The summed E-state index contributed by atoms with van der Waals surface area (Å²) in [6.45, 7) is 4.29. The van der Waals surface area contributed by atoms with Gasteiger partial charge < -0.3 is 15.3 Å². The SMILES string of the molecule is CCCCC(C)C(O)C/C=C/[C@H]1[C@H]2CC(CCCCC(=O)O)=C[C@H]2C[C@H]1O. The number of hydrogen-bond acceptors (Lipinski definition) is 3. The molecule has 0 aliphatic heterocycles. The highest BCUT2D eigenvalue weighted by Gasteiger charge is 2.43. The Labute approximate surface area is 164 Å². The quantitative estimate of drug-likeness (QED) is 0.339. The molecular formula is C23H38O4. The van der Waals surface area contributed by atoms with E-state index in [1.54, 1.807) is 0 Å². The molecule has 2 aliphatic rings. The van der Waals surface area contributed by atoms with Crippen LogP contribution in [0.3, 0.4) is 0 Å². The molecule has 0 spiro atoms. The molecule has 0 aromatic heterocycles. The van der Waals surface area contributed by atoms with E-state index in [4.69, 9.17) is 5.11 Å². The Kier molecular flexibility index (Phi) is 9.04. The molecule has 2 rings (SSSR count). The number of aliphatic carboxylic acids is 1. The number of fused-ring (bicyclic) bond motifs is 1. The second kappa shape index (κ2) is 11.0. The van der Waals surface area contributed by atoms with Crippen molar-refractivity contribution in [2.24, 2.45) is 23.7 Å². The van der Waals surface area contributed by atoms with Gasteiger partial charge in [0.05, 0.1) is 12.2 Å². The molecule has 3 N–H and O–H groups in total. The van der Waals surface area contributed by atoms with E-state index in [1.165, 1.54) is 5.57 Å². The molecule has 2 unspecified atom stereocenters. The van der Waals surface area contributed by atoms with Crippen molar-refractivity contribution in [1.82, 2.24) is 0 Å². The maximum absolute atomic E-state index is 10.6. The van der Waals surface area contributed by atoms with Gasteiger partial charge in [-0.05, 0) is 62.7 Å². The van der Waals surface area contributed by atoms with Crippen LogP contribution in [-0.2, 0) is 4.79 Å². The number of hydrogen-bond donors (Lipinski definition) is 3. The van der Waals surface area contributed by atoms with E-state index >= 15 is 0 Å². The zero-order chi connectivity index (χ0) is 19.8. The minimum atomic E-state index is -0.716. The van der Waals surface area contributed by atoms with Gasteiger partial charge in [-0.3, -0.25) is 4.79 Å². The molecule has 0 amide bonds. The molecule has 0 saturated heterocycles. The topological polar surface area (TPSA) is 77.8 Å². The number of aliphatic hydroxyl groups is 2. The smallest absolute Gasteiger partial charge is 0.303 e. The van der Waals surface area contributed by atoms with Crippen LogP contribution < -0.4 is 0 Å². The van der Waals surface area contributed by atoms with Crippen LogP contribution in [0.1, 0.15) is 78.1 Å². The maximum Gasteiger partial charge on any atom is 0.303 e. The molecule has 2 aliphatic carbocycles. The Bertz CT molecular complexity index is 524. The van der Waals surface area contributed by atoms with Gasteiger partial charge in [0, 0.05) is 12.3 Å². The molecule has 0 aromatic carbocycles. The lowest BCUT2D eigenvalue weighted by atomic mass is 9.88. The first-order chi connectivity index (χ1) is 12.9. The third-order valence-electron chi connectivity index (χ3n) is 6.49. The van der Waals surface area contributed by atoms with Crippen LogP contribution in [0.4, 0.5) is 0 Å². The molecular weight excluding hydrogens is 340 g/mol. The number of carboxylic acids is 1. The Morgan fingerprint density at radius 3 is 2.81 bits per heavy atom. The average molecular weight is 379 g/mol. The van der Waals surface area contributed by atoms with Gasteiger partial charge in [0.25, 0.3) is 0 Å². The van der Waals surface area contributed by atoms with Crippen LogP contribution in [0.15, 0.2) is 23.8 Å². The summed E-state index contributed by atoms with van der Waals surface area (Å²) in [5.41, 5.74) is 1.44. The third kappa shape index (κ3) is 6.76. The monoisotopic (exact) mass is 378 g/mol. The largest absolute Gasteiger partial charge is 0.481 e. The predicted octanol–water partition coefficient (Wildman–Crippen LogP) is 4.71. The summed E-state index contributed by atoms with van der Waals surface area (Å²) in [4.78, 5) is 10.6. The summed E-state index contributed by atoms with van der Waals surface area (Å²) in [5, 5.41) is 29.5. The third-order valence-corrected chi connectivity index (χ3v) is 6.49. The summed E-state index contributed by atoms with van der Waals surface area (Å²) in [6.07, 6.45) is 14.8. The van der Waals surface area contributed by atoms with Gasteiger partial charge in [0.15, 0.2) is 0 Å². The summed E-state index contributed by atoms with van der Waals surface area (Å²) < 4.78 is 0. The number of allylic oxidation sites excluding steroid dienone is 2. The van der Waals surface area contributed by atoms with E-state index in [0.29, 0.717) is 24.2 Å². The van der Waals surface area contributed by atoms with Gasteiger partial charge >= 0.3 is 5.97 Å². The second-order valence-electron chi connectivity index (χ2n) is 8.69. The summed E-state index contributed by atoms with van der Waals surface area (Å²) in [7, 11) is 0. The molecule has 4 nitrogen and oxygen atoms in total. The van der Waals surface area contributed by atoms with Gasteiger partial charge in [-0.2, -0.15) is 0 Å². The van der Waals surface area contributed by atoms with Crippen LogP contribution in [0.5, 0.6) is 0 Å². The first-order valence-electron chi connectivity index (χ1n) is 10.9. The lowest BCUT2D eigenvalue weighted by Crippen LogP contribution is -2.19. The minimum Gasteiger partial charge on any atom is -0.481 e. The lowest BCUT2D eigenvalue weighted by Gasteiger charge is -2.20. The van der Waals surface area contributed by atoms with Crippen molar-refractivity contribution in [3.63, 3.8) is 0 Å². The fraction of sp³-hybridized carbons (Fsp3) is 0.783. The Morgan fingerprint density at radius 1 is 1.33 bits per heavy atom. The number of aliphatic hydroxyl groups excluding tert-OH is 2. The first-order valence-corrected chi connectivity index (χ1v) is 10.9. The highest BCUT2D eigenvalue weighted by molar-refractivity contribution is 5.66. The molecule has 0 aromatic rings. The highest BCUT2D eigenvalue weighted by Crippen LogP contribution is 2.48. The van der Waals surface area contributed by atoms with Crippen LogP contribution in [0, 0.1) is 23.7 Å². The summed E-state index contributed by atoms with van der Waals surface area (Å²) in [6, 6.07) is 0. The molecule has 1 saturated carbocycles. The normalized spacial score (nSPS) is 29.7. The zero-order valence-electron chi connectivity index (χ0n) is 17.0. The van der Waals surface area contributed by atoms with Gasteiger partial charge in [-0.25, -0.2) is 0 Å². The van der Waals surface area contributed by atoms with Crippen molar-refractivity contribution in [2.75, 3.05) is 0 Å². The molecule has 0 heterocycles. The van der Waals surface area contributed by atoms with E-state index in [9.17, 15) is 15.0 Å². The summed E-state index contributed by atoms with van der Waals surface area (Å²) >= 11 is 0. The first kappa shape index (κ1) is 22.2. The Balaban J connectivity index is 1.78. The number of unbranched alkanes of at least 4 members (excludes halogenated alkanes) is 2. The van der Waals surface area contributed by atoms with Crippen molar-refractivity contribution in [3.8, 4) is 0 Å². The second-order valence-corrected chi connectivity index (χ2v) is 8.69. The lowest BCUT2D eigenvalue weighted by molar-refractivity contribution is -0.137. The molecule has 4 heteroatoms. The predicted molar refractivity (Wildman–Crippen MR) is 108 cm³/mol. The van der Waals surface area contributed by atoms with E-state index < -0.39 is 5.97 Å². The van der Waals surface area contributed by atoms with Crippen LogP contribution in [-0.4, -0.2) is 33.5 Å². The Morgan fingerprint density at radius 2 is 2.11 bits per heavy atom. The van der Waals surface area contributed by atoms with E-state index in [2.05, 4.69) is 32.1 Å². The van der Waals surface area contributed by atoms with Crippen molar-refractivity contribution >= 4 is 5.97 Å². The van der Waals surface area contributed by atoms with E-state index in [1.807, 2.05) is 0 Å². The van der Waals surface area contributed by atoms with Crippen LogP contribution >= 0.6 is 0 Å². The molecule has 1 fully saturated rings. The maximum atomic E-state index is 10.6. The number of rotatable bonds is 12. The fourth-order valence-corrected chi connectivity index (χ4v) is 4.74. The van der Waals surface area contributed by atoms with E-state index in [-0.39, 0.29) is 24.5 Å². The summed E-state index contributed by atoms with van der Waals surface area (Å²) in [5.74, 6) is 0.715. The van der Waals surface area contributed by atoms with Crippen molar-refractivity contribution in [2.45, 2.75) is 90.3 Å². The highest BCUT2D eigenvalue weighted by atomic mass is 16.4. The fourth-order valence-electron chi connectivity index (χ4n) is 4.74. The molecule has 27 heavy (non-hydrogen) atoms. The average Bonchev–Trinajstić information content (AvgIpc) is 3.13. The van der Waals surface area contributed by atoms with E-state index in [0.717, 1.165) is 51.4 Å². The van der Waals surface area contributed by atoms with Gasteiger partial charge in [-0.15, -0.1) is 0 Å². The Hall–Kier alpha value is -1.13. The molecule has 0 bridgehead atoms. The number of carboxylic acid groups (broad SMARTS) is 1. The zero-order valence-corrected chi connectivity index (χ0v) is 17.0. The number of carbonyl (C=O) groups is 1. The molecule has 154 valence electrons. The molecule has 0 radical (unpaired) electrons. The van der Waals surface area contributed by atoms with Crippen LogP contribution in [0.25, 0.3) is 0 Å². The molecule has 6 atom stereocenters. The van der Waals surface area contributed by atoms with Crippen molar-refractivity contribution in [1.29, 1.82) is 0 Å². The van der Waals surface area contributed by atoms with Gasteiger partial charge in [0.2, 0.25) is 0 Å². The van der Waals surface area contributed by atoms with Crippen molar-refractivity contribution < 1.29 is 20.1 Å². The van der Waals surface area contributed by atoms with Gasteiger partial charge in [-0.1, -0.05) is 50.5 Å². The minimum absolute atomic E-state index is 0.181. The van der Waals surface area contributed by atoms with Crippen LogP contribution in [0.2, 0.25) is 0 Å².